The van der Waals surface area contributed by atoms with Crippen LogP contribution < -0.4 is 5.73 Å². The summed E-state index contributed by atoms with van der Waals surface area (Å²) in [6.07, 6.45) is -0.299. The Balaban J connectivity index is 2.28. The molecule has 0 aromatic carbocycles. The lowest BCUT2D eigenvalue weighted by atomic mass is 9.76. The summed E-state index contributed by atoms with van der Waals surface area (Å²) in [5.74, 6) is -0.497. The summed E-state index contributed by atoms with van der Waals surface area (Å²) in [5.41, 5.74) is 5.93. The second-order valence-corrected chi connectivity index (χ2v) is 7.44. The van der Waals surface area contributed by atoms with Crippen molar-refractivity contribution < 1.29 is 13.2 Å². The molecule has 1 heterocycles. The Kier molecular flexibility index (Phi) is 6.98. The number of hydrogen-bond donors (Lipinski definition) is 1. The molecule has 1 atom stereocenters. The maximum Gasteiger partial charge on any atom is 0.391 e. The van der Waals surface area contributed by atoms with E-state index in [4.69, 9.17) is 5.73 Å². The monoisotopic (exact) mass is 308 g/mol. The second-order valence-electron chi connectivity index (χ2n) is 7.44. The molecule has 0 bridgehead atoms. The van der Waals surface area contributed by atoms with E-state index in [0.717, 1.165) is 25.8 Å². The predicted octanol–water partition coefficient (Wildman–Crippen LogP) is 4.05. The SMILES string of the molecule is CC(C)(C)C(CCN)CCCN1CCC(C(F)(F)F)CC1. The molecule has 0 aliphatic carbocycles. The van der Waals surface area contributed by atoms with E-state index in [1.54, 1.807) is 0 Å². The number of alkyl halides is 3. The standard InChI is InChI=1S/C16H31F3N2/c1-15(2,3)13(6-9-20)5-4-10-21-11-7-14(8-12-21)16(17,18)19/h13-14H,4-12,20H2,1-3H3. The highest BCUT2D eigenvalue weighted by Gasteiger charge is 2.40. The minimum Gasteiger partial charge on any atom is -0.330 e. The average molecular weight is 308 g/mol. The molecule has 0 aromatic heterocycles. The van der Waals surface area contributed by atoms with Crippen molar-refractivity contribution in [3.05, 3.63) is 0 Å². The summed E-state index contributed by atoms with van der Waals surface area (Å²) in [6, 6.07) is 0. The van der Waals surface area contributed by atoms with Crippen LogP contribution in [0.25, 0.3) is 0 Å². The van der Waals surface area contributed by atoms with Gasteiger partial charge in [-0.05, 0) is 69.6 Å². The van der Waals surface area contributed by atoms with Gasteiger partial charge in [-0.3, -0.25) is 0 Å². The van der Waals surface area contributed by atoms with Crippen molar-refractivity contribution in [2.45, 2.75) is 59.1 Å². The summed E-state index contributed by atoms with van der Waals surface area (Å²) in [5, 5.41) is 0. The van der Waals surface area contributed by atoms with E-state index in [-0.39, 0.29) is 18.3 Å². The minimum absolute atomic E-state index is 0.253. The Morgan fingerprint density at radius 3 is 2.10 bits per heavy atom. The number of likely N-dealkylation sites (tertiary alicyclic amines) is 1. The average Bonchev–Trinajstić information content (AvgIpc) is 2.36. The first kappa shape index (κ1) is 18.8. The number of hydrogen-bond acceptors (Lipinski definition) is 2. The smallest absolute Gasteiger partial charge is 0.330 e. The molecule has 0 spiro atoms. The maximum atomic E-state index is 12.6. The first-order valence-electron chi connectivity index (χ1n) is 8.13. The fourth-order valence-corrected chi connectivity index (χ4v) is 3.26. The third kappa shape index (κ3) is 6.55. The molecule has 0 aromatic rings. The van der Waals surface area contributed by atoms with Crippen molar-refractivity contribution in [3.8, 4) is 0 Å². The lowest BCUT2D eigenvalue weighted by molar-refractivity contribution is -0.185. The van der Waals surface area contributed by atoms with E-state index < -0.39 is 12.1 Å². The van der Waals surface area contributed by atoms with Crippen LogP contribution in [0.5, 0.6) is 0 Å². The molecule has 1 rings (SSSR count). The largest absolute Gasteiger partial charge is 0.391 e. The predicted molar refractivity (Wildman–Crippen MR) is 81.1 cm³/mol. The zero-order valence-corrected chi connectivity index (χ0v) is 13.7. The minimum atomic E-state index is -4.01. The summed E-state index contributed by atoms with van der Waals surface area (Å²) in [4.78, 5) is 2.18. The van der Waals surface area contributed by atoms with Gasteiger partial charge in [0.05, 0.1) is 5.92 Å². The van der Waals surface area contributed by atoms with Crippen LogP contribution in [0.1, 0.15) is 52.9 Å². The zero-order chi connectivity index (χ0) is 16.1. The van der Waals surface area contributed by atoms with Gasteiger partial charge in [0.25, 0.3) is 0 Å². The van der Waals surface area contributed by atoms with E-state index in [1.807, 2.05) is 0 Å². The molecule has 1 unspecified atom stereocenters. The highest BCUT2D eigenvalue weighted by molar-refractivity contribution is 4.78. The fourth-order valence-electron chi connectivity index (χ4n) is 3.26. The first-order valence-corrected chi connectivity index (χ1v) is 8.13. The molecule has 2 N–H and O–H groups in total. The van der Waals surface area contributed by atoms with Gasteiger partial charge in [0, 0.05) is 0 Å². The summed E-state index contributed by atoms with van der Waals surface area (Å²) in [6.45, 7) is 9.51. The fraction of sp³-hybridized carbons (Fsp3) is 1.00. The van der Waals surface area contributed by atoms with E-state index in [9.17, 15) is 13.2 Å². The number of rotatable bonds is 6. The van der Waals surface area contributed by atoms with Crippen LogP contribution in [0.3, 0.4) is 0 Å². The van der Waals surface area contributed by atoms with Gasteiger partial charge in [-0.2, -0.15) is 13.2 Å². The number of piperidine rings is 1. The van der Waals surface area contributed by atoms with Crippen molar-refractivity contribution in [2.24, 2.45) is 23.0 Å². The van der Waals surface area contributed by atoms with Gasteiger partial charge in [0.1, 0.15) is 0 Å². The highest BCUT2D eigenvalue weighted by atomic mass is 19.4. The van der Waals surface area contributed by atoms with Gasteiger partial charge < -0.3 is 10.6 Å². The van der Waals surface area contributed by atoms with E-state index in [0.29, 0.717) is 25.6 Å². The summed E-state index contributed by atoms with van der Waals surface area (Å²) >= 11 is 0. The van der Waals surface area contributed by atoms with Crippen LogP contribution in [0.15, 0.2) is 0 Å². The number of nitrogens with zero attached hydrogens (tertiary/aromatic N) is 1. The molecule has 0 amide bonds. The van der Waals surface area contributed by atoms with E-state index in [1.165, 1.54) is 0 Å². The van der Waals surface area contributed by atoms with Gasteiger partial charge in [0.15, 0.2) is 0 Å². The normalized spacial score (nSPS) is 20.7. The molecule has 1 saturated heterocycles. The van der Waals surface area contributed by atoms with Crippen LogP contribution in [0.4, 0.5) is 13.2 Å². The number of nitrogens with two attached hydrogens (primary N) is 1. The van der Waals surface area contributed by atoms with Crippen LogP contribution in [0.2, 0.25) is 0 Å². The molecule has 2 nitrogen and oxygen atoms in total. The Labute approximate surface area is 127 Å². The Morgan fingerprint density at radius 2 is 1.67 bits per heavy atom. The molecule has 0 radical (unpaired) electrons. The van der Waals surface area contributed by atoms with Gasteiger partial charge >= 0.3 is 6.18 Å². The van der Waals surface area contributed by atoms with Crippen molar-refractivity contribution in [3.63, 3.8) is 0 Å². The Bertz CT molecular complexity index is 289. The molecule has 1 aliphatic heterocycles. The second kappa shape index (κ2) is 7.82. The Hall–Kier alpha value is -0.290. The molecule has 1 aliphatic rings. The Morgan fingerprint density at radius 1 is 1.10 bits per heavy atom. The molecule has 1 fully saturated rings. The molecule has 0 saturated carbocycles. The molecular weight excluding hydrogens is 277 g/mol. The van der Waals surface area contributed by atoms with E-state index >= 15 is 0 Å². The molecule has 21 heavy (non-hydrogen) atoms. The molecular formula is C16H31F3N2. The lowest BCUT2D eigenvalue weighted by Gasteiger charge is -2.34. The van der Waals surface area contributed by atoms with Gasteiger partial charge in [0.2, 0.25) is 0 Å². The topological polar surface area (TPSA) is 29.3 Å². The van der Waals surface area contributed by atoms with Crippen molar-refractivity contribution >= 4 is 0 Å². The summed E-state index contributed by atoms with van der Waals surface area (Å²) in [7, 11) is 0. The maximum absolute atomic E-state index is 12.6. The van der Waals surface area contributed by atoms with Gasteiger partial charge in [-0.1, -0.05) is 20.8 Å². The highest BCUT2D eigenvalue weighted by Crippen LogP contribution is 2.35. The summed E-state index contributed by atoms with van der Waals surface area (Å²) < 4.78 is 37.8. The van der Waals surface area contributed by atoms with Crippen molar-refractivity contribution in [1.82, 2.24) is 4.90 Å². The van der Waals surface area contributed by atoms with Gasteiger partial charge in [-0.25, -0.2) is 0 Å². The van der Waals surface area contributed by atoms with Crippen LogP contribution in [-0.2, 0) is 0 Å². The van der Waals surface area contributed by atoms with Crippen molar-refractivity contribution in [1.29, 1.82) is 0 Å². The third-order valence-corrected chi connectivity index (χ3v) is 4.82. The van der Waals surface area contributed by atoms with Crippen molar-refractivity contribution in [2.75, 3.05) is 26.2 Å². The van der Waals surface area contributed by atoms with Crippen LogP contribution in [-0.4, -0.2) is 37.3 Å². The molecule has 126 valence electrons. The van der Waals surface area contributed by atoms with Crippen LogP contribution in [0, 0.1) is 17.3 Å². The quantitative estimate of drug-likeness (QED) is 0.802. The third-order valence-electron chi connectivity index (χ3n) is 4.82. The zero-order valence-electron chi connectivity index (χ0n) is 13.7. The lowest BCUT2D eigenvalue weighted by Crippen LogP contribution is -2.39. The number of halogens is 3. The molecule has 5 heteroatoms. The van der Waals surface area contributed by atoms with Crippen LogP contribution >= 0.6 is 0 Å². The van der Waals surface area contributed by atoms with Gasteiger partial charge in [-0.15, -0.1) is 0 Å². The first-order chi connectivity index (χ1) is 9.64. The van der Waals surface area contributed by atoms with E-state index in [2.05, 4.69) is 25.7 Å².